The van der Waals surface area contributed by atoms with Gasteiger partial charge in [-0.2, -0.15) is 5.26 Å². The highest BCUT2D eigenvalue weighted by Gasteiger charge is 2.11. The van der Waals surface area contributed by atoms with Crippen LogP contribution in [0.5, 0.6) is 0 Å². The summed E-state index contributed by atoms with van der Waals surface area (Å²) in [5.41, 5.74) is 2.56. The van der Waals surface area contributed by atoms with Crippen molar-refractivity contribution in [3.05, 3.63) is 82.0 Å². The van der Waals surface area contributed by atoms with Crippen molar-refractivity contribution in [1.82, 2.24) is 0 Å². The van der Waals surface area contributed by atoms with E-state index in [1.54, 1.807) is 12.1 Å². The second kappa shape index (κ2) is 7.85. The number of carbonyl (C=O) groups excluding carboxylic acids is 1. The van der Waals surface area contributed by atoms with E-state index in [2.05, 4.69) is 21.2 Å². The summed E-state index contributed by atoms with van der Waals surface area (Å²) in [4.78, 5) is 12.3. The lowest BCUT2D eigenvalue weighted by molar-refractivity contribution is -0.112. The number of hydrogen-bond donors (Lipinski definition) is 1. The number of benzene rings is 2. The molecule has 0 bridgehead atoms. The normalized spacial score (nSPS) is 11.0. The van der Waals surface area contributed by atoms with E-state index in [1.807, 2.05) is 61.5 Å². The van der Waals surface area contributed by atoms with Crippen molar-refractivity contribution in [1.29, 1.82) is 5.26 Å². The third-order valence-corrected chi connectivity index (χ3v) is 4.21. The van der Waals surface area contributed by atoms with Gasteiger partial charge in [0.05, 0.1) is 0 Å². The van der Waals surface area contributed by atoms with E-state index in [0.29, 0.717) is 17.2 Å². The Morgan fingerprint density at radius 1 is 1.15 bits per heavy atom. The lowest BCUT2D eigenvalue weighted by atomic mass is 10.2. The topological polar surface area (TPSA) is 66.0 Å². The number of nitrogens with one attached hydrogen (secondary N) is 1. The molecular weight excluding hydrogens is 392 g/mol. The first-order valence-corrected chi connectivity index (χ1v) is 8.70. The highest BCUT2D eigenvalue weighted by Crippen LogP contribution is 2.25. The predicted molar refractivity (Wildman–Crippen MR) is 105 cm³/mol. The Morgan fingerprint density at radius 3 is 2.62 bits per heavy atom. The fourth-order valence-electron chi connectivity index (χ4n) is 2.41. The Kier molecular flexibility index (Phi) is 5.35. The van der Waals surface area contributed by atoms with Crippen LogP contribution in [0.2, 0.25) is 0 Å². The van der Waals surface area contributed by atoms with Crippen LogP contribution in [0.3, 0.4) is 0 Å². The Balaban J connectivity index is 1.80. The average molecular weight is 407 g/mol. The third kappa shape index (κ3) is 4.29. The maximum atomic E-state index is 12.3. The largest absolute Gasteiger partial charge is 0.457 e. The van der Waals surface area contributed by atoms with Crippen LogP contribution in [0.15, 0.2) is 75.1 Å². The standard InChI is InChI=1S/C21H15BrN2O2/c1-14-3-2-4-18(11-14)24-21(25)16(13-23)12-19-9-10-20(26-19)15-5-7-17(22)8-6-15/h2-12H,1H3,(H,24,25)/b16-12-. The molecule has 1 aromatic heterocycles. The zero-order valence-electron chi connectivity index (χ0n) is 14.0. The Bertz CT molecular complexity index is 1010. The number of halogens is 1. The fraction of sp³-hybridized carbons (Fsp3) is 0.0476. The first-order valence-electron chi connectivity index (χ1n) is 7.91. The Hall–Kier alpha value is -3.10. The summed E-state index contributed by atoms with van der Waals surface area (Å²) in [6, 6.07) is 20.5. The van der Waals surface area contributed by atoms with Crippen LogP contribution in [0.4, 0.5) is 5.69 Å². The van der Waals surface area contributed by atoms with Gasteiger partial charge in [0.2, 0.25) is 0 Å². The fourth-order valence-corrected chi connectivity index (χ4v) is 2.68. The molecule has 0 saturated heterocycles. The number of nitriles is 1. The molecule has 3 rings (SSSR count). The summed E-state index contributed by atoms with van der Waals surface area (Å²) in [7, 11) is 0. The van der Waals surface area contributed by atoms with Gasteiger partial charge in [0.15, 0.2) is 0 Å². The van der Waals surface area contributed by atoms with Crippen LogP contribution < -0.4 is 5.32 Å². The van der Waals surface area contributed by atoms with Gasteiger partial charge in [-0.15, -0.1) is 0 Å². The zero-order valence-corrected chi connectivity index (χ0v) is 15.6. The second-order valence-electron chi connectivity index (χ2n) is 5.70. The molecule has 0 radical (unpaired) electrons. The highest BCUT2D eigenvalue weighted by molar-refractivity contribution is 9.10. The quantitative estimate of drug-likeness (QED) is 0.455. The van der Waals surface area contributed by atoms with E-state index in [1.165, 1.54) is 6.08 Å². The van der Waals surface area contributed by atoms with Gasteiger partial charge in [0, 0.05) is 21.8 Å². The molecule has 2 aromatic carbocycles. The molecule has 0 spiro atoms. The second-order valence-corrected chi connectivity index (χ2v) is 6.62. The number of rotatable bonds is 4. The molecule has 0 saturated carbocycles. The Morgan fingerprint density at radius 2 is 1.92 bits per heavy atom. The Labute approximate surface area is 159 Å². The molecule has 1 heterocycles. The summed E-state index contributed by atoms with van der Waals surface area (Å²) >= 11 is 3.39. The third-order valence-electron chi connectivity index (χ3n) is 3.68. The first kappa shape index (κ1) is 17.7. The molecule has 26 heavy (non-hydrogen) atoms. The minimum absolute atomic E-state index is 0.0248. The van der Waals surface area contributed by atoms with Crippen molar-refractivity contribution in [2.45, 2.75) is 6.92 Å². The monoisotopic (exact) mass is 406 g/mol. The minimum Gasteiger partial charge on any atom is -0.457 e. The van der Waals surface area contributed by atoms with E-state index < -0.39 is 5.91 Å². The molecule has 0 atom stereocenters. The van der Waals surface area contributed by atoms with E-state index >= 15 is 0 Å². The smallest absolute Gasteiger partial charge is 0.266 e. The lowest BCUT2D eigenvalue weighted by Gasteiger charge is -2.04. The summed E-state index contributed by atoms with van der Waals surface area (Å²) in [5, 5.41) is 12.0. The molecule has 0 fully saturated rings. The molecule has 0 aliphatic heterocycles. The number of hydrogen-bond acceptors (Lipinski definition) is 3. The molecule has 4 nitrogen and oxygen atoms in total. The van der Waals surface area contributed by atoms with E-state index in [9.17, 15) is 10.1 Å². The zero-order chi connectivity index (χ0) is 18.5. The van der Waals surface area contributed by atoms with Crippen molar-refractivity contribution >= 4 is 33.6 Å². The number of furan rings is 1. The van der Waals surface area contributed by atoms with Gasteiger partial charge in [-0.1, -0.05) is 40.2 Å². The van der Waals surface area contributed by atoms with Gasteiger partial charge < -0.3 is 9.73 Å². The van der Waals surface area contributed by atoms with Crippen molar-refractivity contribution in [3.63, 3.8) is 0 Å². The first-order chi connectivity index (χ1) is 12.5. The molecule has 128 valence electrons. The number of carbonyl (C=O) groups is 1. The maximum absolute atomic E-state index is 12.3. The van der Waals surface area contributed by atoms with Crippen molar-refractivity contribution in [2.75, 3.05) is 5.32 Å². The predicted octanol–water partition coefficient (Wildman–Crippen LogP) is 5.56. The van der Waals surface area contributed by atoms with Crippen LogP contribution in [0.25, 0.3) is 17.4 Å². The van der Waals surface area contributed by atoms with Crippen LogP contribution in [-0.4, -0.2) is 5.91 Å². The summed E-state index contributed by atoms with van der Waals surface area (Å²) in [6.07, 6.45) is 1.44. The van der Waals surface area contributed by atoms with Gasteiger partial charge in [-0.05, 0) is 48.9 Å². The molecule has 3 aromatic rings. The highest BCUT2D eigenvalue weighted by atomic mass is 79.9. The summed E-state index contributed by atoms with van der Waals surface area (Å²) < 4.78 is 6.72. The molecule has 1 N–H and O–H groups in total. The molecule has 0 aliphatic rings. The SMILES string of the molecule is Cc1cccc(NC(=O)/C(C#N)=C\c2ccc(-c3ccc(Br)cc3)o2)c1. The van der Waals surface area contributed by atoms with E-state index in [-0.39, 0.29) is 5.57 Å². The molecule has 1 amide bonds. The van der Waals surface area contributed by atoms with Gasteiger partial charge in [-0.25, -0.2) is 0 Å². The van der Waals surface area contributed by atoms with Gasteiger partial charge in [-0.3, -0.25) is 4.79 Å². The van der Waals surface area contributed by atoms with Crippen LogP contribution in [0, 0.1) is 18.3 Å². The number of amides is 1. The van der Waals surface area contributed by atoms with Crippen molar-refractivity contribution in [2.24, 2.45) is 0 Å². The van der Waals surface area contributed by atoms with Crippen LogP contribution in [0.1, 0.15) is 11.3 Å². The number of nitrogens with zero attached hydrogens (tertiary/aromatic N) is 1. The summed E-state index contributed by atoms with van der Waals surface area (Å²) in [5.74, 6) is 0.638. The van der Waals surface area contributed by atoms with Crippen molar-refractivity contribution < 1.29 is 9.21 Å². The minimum atomic E-state index is -0.473. The molecular formula is C21H15BrN2O2. The van der Waals surface area contributed by atoms with Gasteiger partial charge >= 0.3 is 0 Å². The van der Waals surface area contributed by atoms with Gasteiger partial charge in [0.1, 0.15) is 23.2 Å². The van der Waals surface area contributed by atoms with Crippen LogP contribution in [-0.2, 0) is 4.79 Å². The van der Waals surface area contributed by atoms with E-state index in [0.717, 1.165) is 15.6 Å². The maximum Gasteiger partial charge on any atom is 0.266 e. The lowest BCUT2D eigenvalue weighted by Crippen LogP contribution is -2.13. The molecule has 0 aliphatic carbocycles. The van der Waals surface area contributed by atoms with Crippen LogP contribution >= 0.6 is 15.9 Å². The molecule has 0 unspecified atom stereocenters. The van der Waals surface area contributed by atoms with Gasteiger partial charge in [0.25, 0.3) is 5.91 Å². The number of aryl methyl sites for hydroxylation is 1. The average Bonchev–Trinajstić information content (AvgIpc) is 3.09. The molecule has 5 heteroatoms. The summed E-state index contributed by atoms with van der Waals surface area (Å²) in [6.45, 7) is 1.93. The van der Waals surface area contributed by atoms with E-state index in [4.69, 9.17) is 4.42 Å². The number of anilines is 1. The van der Waals surface area contributed by atoms with Crippen molar-refractivity contribution in [3.8, 4) is 17.4 Å².